The summed E-state index contributed by atoms with van der Waals surface area (Å²) in [6.45, 7) is 5.15. The Morgan fingerprint density at radius 3 is 2.77 bits per heavy atom. The number of amides is 2. The van der Waals surface area contributed by atoms with Gasteiger partial charge in [-0.1, -0.05) is 19.9 Å². The molecule has 4 nitrogen and oxygen atoms in total. The Kier molecular flexibility index (Phi) is 6.82. The van der Waals surface area contributed by atoms with Crippen molar-refractivity contribution in [1.82, 2.24) is 5.32 Å². The minimum absolute atomic E-state index is 0.349. The van der Waals surface area contributed by atoms with Crippen LogP contribution < -0.4 is 5.32 Å². The van der Waals surface area contributed by atoms with E-state index in [1.54, 1.807) is 6.08 Å². The predicted octanol–water partition coefficient (Wildman–Crippen LogP) is 0.488. The maximum absolute atomic E-state index is 10.7. The van der Waals surface area contributed by atoms with E-state index in [9.17, 15) is 9.59 Å². The van der Waals surface area contributed by atoms with E-state index < -0.39 is 5.91 Å². The van der Waals surface area contributed by atoms with Gasteiger partial charge in [0.15, 0.2) is 0 Å². The zero-order valence-corrected chi connectivity index (χ0v) is 7.95. The summed E-state index contributed by atoms with van der Waals surface area (Å²) in [5.41, 5.74) is 0. The molecule has 0 atom stereocenters. The molecular formula is C9H15NO3. The highest BCUT2D eigenvalue weighted by Gasteiger charge is 1.92. The summed E-state index contributed by atoms with van der Waals surface area (Å²) in [5, 5.41) is 1.98. The smallest absolute Gasteiger partial charge is 0.250 e. The lowest BCUT2D eigenvalue weighted by atomic mass is 10.2. The quantitative estimate of drug-likeness (QED) is 0.372. The fourth-order valence-electron chi connectivity index (χ4n) is 0.633. The van der Waals surface area contributed by atoms with Crippen LogP contribution in [0.15, 0.2) is 12.2 Å². The van der Waals surface area contributed by atoms with Gasteiger partial charge in [-0.15, -0.1) is 0 Å². The van der Waals surface area contributed by atoms with Gasteiger partial charge in [-0.2, -0.15) is 0 Å². The number of carbonyl (C=O) groups excluding carboxylic acids is 2. The second-order valence-corrected chi connectivity index (χ2v) is 2.96. The van der Waals surface area contributed by atoms with Crippen LogP contribution in [0.25, 0.3) is 0 Å². The number of rotatable bonds is 6. The molecular weight excluding hydrogens is 170 g/mol. The molecule has 1 N–H and O–H groups in total. The molecule has 0 aromatic heterocycles. The Balaban J connectivity index is 3.40. The summed E-state index contributed by atoms with van der Waals surface area (Å²) in [6.07, 6.45) is 3.19. The van der Waals surface area contributed by atoms with E-state index in [0.717, 1.165) is 0 Å². The van der Waals surface area contributed by atoms with Crippen molar-refractivity contribution < 1.29 is 14.3 Å². The van der Waals surface area contributed by atoms with Gasteiger partial charge in [0.2, 0.25) is 12.3 Å². The highest BCUT2D eigenvalue weighted by Crippen LogP contribution is 1.91. The normalized spacial score (nSPS) is 10.7. The first-order valence-corrected chi connectivity index (χ1v) is 4.15. The average Bonchev–Trinajstić information content (AvgIpc) is 2.03. The van der Waals surface area contributed by atoms with Gasteiger partial charge in [-0.3, -0.25) is 14.9 Å². The van der Waals surface area contributed by atoms with Crippen molar-refractivity contribution in [2.45, 2.75) is 13.8 Å². The monoisotopic (exact) mass is 185 g/mol. The largest absolute Gasteiger partial charge is 0.377 e. The number of carbonyl (C=O) groups is 2. The third-order valence-corrected chi connectivity index (χ3v) is 1.14. The van der Waals surface area contributed by atoms with Crippen molar-refractivity contribution in [3.8, 4) is 0 Å². The zero-order valence-electron chi connectivity index (χ0n) is 7.95. The molecule has 0 bridgehead atoms. The molecule has 0 unspecified atom stereocenters. The zero-order chi connectivity index (χ0) is 10.1. The van der Waals surface area contributed by atoms with Crippen LogP contribution in [0, 0.1) is 5.92 Å². The second-order valence-electron chi connectivity index (χ2n) is 2.96. The van der Waals surface area contributed by atoms with Crippen LogP contribution in [-0.4, -0.2) is 25.5 Å². The Morgan fingerprint density at radius 1 is 1.54 bits per heavy atom. The number of hydrogen-bond acceptors (Lipinski definition) is 3. The lowest BCUT2D eigenvalue weighted by molar-refractivity contribution is -0.121. The van der Waals surface area contributed by atoms with E-state index in [4.69, 9.17) is 4.74 Å². The third kappa shape index (κ3) is 8.75. The molecule has 0 rings (SSSR count). The number of imide groups is 1. The molecule has 13 heavy (non-hydrogen) atoms. The molecule has 0 aromatic carbocycles. The number of hydrogen-bond donors (Lipinski definition) is 1. The number of nitrogens with one attached hydrogen (secondary N) is 1. The fraction of sp³-hybridized carbons (Fsp3) is 0.556. The Morgan fingerprint density at radius 2 is 2.23 bits per heavy atom. The summed E-state index contributed by atoms with van der Waals surface area (Å²) in [7, 11) is 0. The SMILES string of the molecule is CC(C)COCC=CC(=O)NC=O. The third-order valence-electron chi connectivity index (χ3n) is 1.14. The minimum Gasteiger partial charge on any atom is -0.377 e. The predicted molar refractivity (Wildman–Crippen MR) is 49.0 cm³/mol. The Labute approximate surface area is 78.0 Å². The van der Waals surface area contributed by atoms with Gasteiger partial charge in [-0.25, -0.2) is 0 Å². The van der Waals surface area contributed by atoms with Crippen molar-refractivity contribution >= 4 is 12.3 Å². The Hall–Kier alpha value is -1.16. The van der Waals surface area contributed by atoms with Gasteiger partial charge in [0.05, 0.1) is 6.61 Å². The van der Waals surface area contributed by atoms with E-state index in [1.165, 1.54) is 6.08 Å². The van der Waals surface area contributed by atoms with Crippen LogP contribution in [0.2, 0.25) is 0 Å². The second kappa shape index (κ2) is 7.49. The molecule has 0 heterocycles. The lowest BCUT2D eigenvalue weighted by Crippen LogP contribution is -2.18. The summed E-state index contributed by atoms with van der Waals surface area (Å²) < 4.78 is 5.17. The van der Waals surface area contributed by atoms with Crippen LogP contribution in [-0.2, 0) is 14.3 Å². The van der Waals surface area contributed by atoms with E-state index in [-0.39, 0.29) is 0 Å². The molecule has 0 spiro atoms. The first kappa shape index (κ1) is 11.8. The molecule has 4 heteroatoms. The number of ether oxygens (including phenoxy) is 1. The van der Waals surface area contributed by atoms with Crippen molar-refractivity contribution in [3.05, 3.63) is 12.2 Å². The molecule has 0 radical (unpaired) electrons. The molecule has 74 valence electrons. The highest BCUT2D eigenvalue weighted by molar-refractivity contribution is 5.94. The first-order chi connectivity index (χ1) is 6.16. The Bertz CT molecular complexity index is 187. The standard InChI is InChI=1S/C9H15NO3/c1-8(2)6-13-5-3-4-9(12)10-7-11/h3-4,7-8H,5-6H2,1-2H3,(H,10,11,12). The van der Waals surface area contributed by atoms with Crippen molar-refractivity contribution in [1.29, 1.82) is 0 Å². The average molecular weight is 185 g/mol. The fourth-order valence-corrected chi connectivity index (χ4v) is 0.633. The summed E-state index contributed by atoms with van der Waals surface area (Å²) >= 11 is 0. The molecule has 0 aromatic rings. The maximum atomic E-state index is 10.7. The molecule has 0 saturated heterocycles. The highest BCUT2D eigenvalue weighted by atomic mass is 16.5. The van der Waals surface area contributed by atoms with Gasteiger partial charge >= 0.3 is 0 Å². The van der Waals surface area contributed by atoms with Crippen LogP contribution in [0.5, 0.6) is 0 Å². The van der Waals surface area contributed by atoms with E-state index in [0.29, 0.717) is 25.5 Å². The molecule has 0 aliphatic heterocycles. The van der Waals surface area contributed by atoms with Gasteiger partial charge in [-0.05, 0) is 5.92 Å². The molecule has 2 amide bonds. The summed E-state index contributed by atoms with van der Waals surface area (Å²) in [5.74, 6) is 0.0559. The van der Waals surface area contributed by atoms with Crippen molar-refractivity contribution in [3.63, 3.8) is 0 Å². The summed E-state index contributed by atoms with van der Waals surface area (Å²) in [4.78, 5) is 20.5. The van der Waals surface area contributed by atoms with Gasteiger partial charge in [0.1, 0.15) is 0 Å². The van der Waals surface area contributed by atoms with Crippen molar-refractivity contribution in [2.24, 2.45) is 5.92 Å². The first-order valence-electron chi connectivity index (χ1n) is 4.15. The molecule has 0 fully saturated rings. The van der Waals surface area contributed by atoms with Crippen LogP contribution in [0.1, 0.15) is 13.8 Å². The maximum Gasteiger partial charge on any atom is 0.250 e. The van der Waals surface area contributed by atoms with E-state index in [2.05, 4.69) is 0 Å². The van der Waals surface area contributed by atoms with Gasteiger partial charge in [0, 0.05) is 12.7 Å². The lowest BCUT2D eigenvalue weighted by Gasteiger charge is -2.02. The van der Waals surface area contributed by atoms with Gasteiger partial charge in [0.25, 0.3) is 0 Å². The van der Waals surface area contributed by atoms with Crippen LogP contribution >= 0.6 is 0 Å². The van der Waals surface area contributed by atoms with Crippen LogP contribution in [0.4, 0.5) is 0 Å². The van der Waals surface area contributed by atoms with E-state index >= 15 is 0 Å². The minimum atomic E-state index is -0.428. The van der Waals surface area contributed by atoms with Crippen LogP contribution in [0.3, 0.4) is 0 Å². The van der Waals surface area contributed by atoms with Crippen molar-refractivity contribution in [2.75, 3.05) is 13.2 Å². The van der Waals surface area contributed by atoms with E-state index in [1.807, 2.05) is 19.2 Å². The molecule has 0 saturated carbocycles. The van der Waals surface area contributed by atoms with Gasteiger partial charge < -0.3 is 4.74 Å². The summed E-state index contributed by atoms with van der Waals surface area (Å²) in [6, 6.07) is 0. The molecule has 0 aliphatic rings. The topological polar surface area (TPSA) is 55.4 Å². The molecule has 0 aliphatic carbocycles.